The van der Waals surface area contributed by atoms with E-state index >= 15 is 0 Å². The van der Waals surface area contributed by atoms with Crippen LogP contribution in [0.5, 0.6) is 0 Å². The van der Waals surface area contributed by atoms with E-state index in [4.69, 9.17) is 10.2 Å². The lowest BCUT2D eigenvalue weighted by molar-refractivity contribution is -0.120. The molecule has 2 rings (SSSR count). The first-order chi connectivity index (χ1) is 9.49. The second kappa shape index (κ2) is 5.92. The summed E-state index contributed by atoms with van der Waals surface area (Å²) in [5, 5.41) is 2.58. The van der Waals surface area contributed by atoms with E-state index in [1.54, 1.807) is 37.3 Å². The molecule has 2 aromatic rings. The first-order valence-corrected chi connectivity index (χ1v) is 6.69. The van der Waals surface area contributed by atoms with Gasteiger partial charge in [-0.25, -0.2) is 0 Å². The minimum atomic E-state index is -0.896. The summed E-state index contributed by atoms with van der Waals surface area (Å²) in [5.74, 6) is -0.965. The van der Waals surface area contributed by atoms with E-state index in [0.29, 0.717) is 15.8 Å². The minimum Gasteiger partial charge on any atom is -0.444 e. The van der Waals surface area contributed by atoms with Gasteiger partial charge in [-0.3, -0.25) is 9.59 Å². The van der Waals surface area contributed by atoms with Crippen molar-refractivity contribution in [3.8, 4) is 0 Å². The fraction of sp³-hybridized carbons (Fsp3) is 0.143. The van der Waals surface area contributed by atoms with Gasteiger partial charge in [-0.05, 0) is 34.5 Å². The highest BCUT2D eigenvalue weighted by atomic mass is 79.9. The third kappa shape index (κ3) is 3.08. The van der Waals surface area contributed by atoms with Crippen LogP contribution >= 0.6 is 15.9 Å². The van der Waals surface area contributed by atoms with Crippen LogP contribution in [0.4, 0.5) is 0 Å². The first-order valence-electron chi connectivity index (χ1n) is 5.90. The number of nitrogens with one attached hydrogen (secondary N) is 1. The number of carbonyl (C=O) groups is 2. The van der Waals surface area contributed by atoms with Crippen molar-refractivity contribution in [2.75, 3.05) is 0 Å². The Labute approximate surface area is 124 Å². The van der Waals surface area contributed by atoms with E-state index in [1.807, 2.05) is 6.07 Å². The van der Waals surface area contributed by atoms with Gasteiger partial charge in [0.05, 0.1) is 0 Å². The van der Waals surface area contributed by atoms with Gasteiger partial charge < -0.3 is 15.5 Å². The summed E-state index contributed by atoms with van der Waals surface area (Å²) in [6.07, 6.45) is 0. The Morgan fingerprint density at radius 1 is 1.30 bits per heavy atom. The number of benzene rings is 1. The van der Waals surface area contributed by atoms with E-state index < -0.39 is 17.9 Å². The van der Waals surface area contributed by atoms with Crippen molar-refractivity contribution in [2.24, 2.45) is 5.73 Å². The molecular formula is C14H13BrN2O3. The summed E-state index contributed by atoms with van der Waals surface area (Å²) in [6.45, 7) is 1.74. The molecule has 0 bridgehead atoms. The Balaban J connectivity index is 2.23. The summed E-state index contributed by atoms with van der Waals surface area (Å²) >= 11 is 3.15. The molecule has 3 N–H and O–H groups in total. The molecular weight excluding hydrogens is 324 g/mol. The van der Waals surface area contributed by atoms with Crippen LogP contribution in [0.15, 0.2) is 45.5 Å². The number of furan rings is 1. The van der Waals surface area contributed by atoms with Crippen molar-refractivity contribution in [3.63, 3.8) is 0 Å². The number of halogens is 1. The second-order valence-corrected chi connectivity index (χ2v) is 5.06. The molecule has 2 amide bonds. The van der Waals surface area contributed by atoms with Gasteiger partial charge >= 0.3 is 0 Å². The van der Waals surface area contributed by atoms with Crippen molar-refractivity contribution in [1.82, 2.24) is 5.32 Å². The van der Waals surface area contributed by atoms with E-state index in [1.165, 1.54) is 0 Å². The van der Waals surface area contributed by atoms with Crippen molar-refractivity contribution in [1.29, 1.82) is 0 Å². The lowest BCUT2D eigenvalue weighted by atomic mass is 10.1. The van der Waals surface area contributed by atoms with Crippen LogP contribution in [0, 0.1) is 6.92 Å². The Morgan fingerprint density at radius 2 is 1.95 bits per heavy atom. The van der Waals surface area contributed by atoms with Crippen LogP contribution in [0.1, 0.15) is 27.7 Å². The molecule has 0 aliphatic rings. The molecule has 0 saturated carbocycles. The summed E-state index contributed by atoms with van der Waals surface area (Å²) in [7, 11) is 0. The zero-order chi connectivity index (χ0) is 14.7. The molecule has 20 heavy (non-hydrogen) atoms. The normalized spacial score (nSPS) is 11.9. The van der Waals surface area contributed by atoms with Gasteiger partial charge in [0.1, 0.15) is 6.04 Å². The molecule has 6 heteroatoms. The third-order valence-electron chi connectivity index (χ3n) is 2.79. The Morgan fingerprint density at radius 3 is 2.45 bits per heavy atom. The van der Waals surface area contributed by atoms with Gasteiger partial charge in [0, 0.05) is 5.56 Å². The zero-order valence-electron chi connectivity index (χ0n) is 10.7. The monoisotopic (exact) mass is 336 g/mol. The van der Waals surface area contributed by atoms with Crippen LogP contribution in [0.25, 0.3) is 0 Å². The van der Waals surface area contributed by atoms with Crippen LogP contribution < -0.4 is 11.1 Å². The molecule has 0 aliphatic carbocycles. The van der Waals surface area contributed by atoms with E-state index in [2.05, 4.69) is 21.2 Å². The maximum atomic E-state index is 12.1. The van der Waals surface area contributed by atoms with Crippen molar-refractivity contribution >= 4 is 27.7 Å². The number of carbonyl (C=O) groups excluding carboxylic acids is 2. The molecule has 1 aromatic heterocycles. The molecule has 104 valence electrons. The van der Waals surface area contributed by atoms with Crippen molar-refractivity contribution in [2.45, 2.75) is 13.0 Å². The van der Waals surface area contributed by atoms with Gasteiger partial charge in [0.25, 0.3) is 5.91 Å². The summed E-state index contributed by atoms with van der Waals surface area (Å²) in [4.78, 5) is 23.7. The number of aryl methyl sites for hydroxylation is 1. The number of rotatable bonds is 4. The number of nitrogens with two attached hydrogens (primary N) is 1. The molecule has 0 spiro atoms. The SMILES string of the molecule is Cc1cc(Br)oc1C(=O)N[C@H](C(N)=O)c1ccccc1. The third-order valence-corrected chi connectivity index (χ3v) is 3.18. The highest BCUT2D eigenvalue weighted by Crippen LogP contribution is 2.20. The topological polar surface area (TPSA) is 85.3 Å². The molecule has 0 radical (unpaired) electrons. The van der Waals surface area contributed by atoms with Gasteiger partial charge in [0.15, 0.2) is 10.4 Å². The van der Waals surface area contributed by atoms with Crippen LogP contribution in [0.3, 0.4) is 0 Å². The van der Waals surface area contributed by atoms with Gasteiger partial charge in [-0.2, -0.15) is 0 Å². The molecule has 0 unspecified atom stereocenters. The minimum absolute atomic E-state index is 0.152. The maximum Gasteiger partial charge on any atom is 0.288 e. The van der Waals surface area contributed by atoms with Crippen LogP contribution in [-0.2, 0) is 4.79 Å². The van der Waals surface area contributed by atoms with Crippen molar-refractivity contribution < 1.29 is 14.0 Å². The number of primary amides is 1. The summed E-state index contributed by atoms with van der Waals surface area (Å²) < 4.78 is 5.70. The number of amides is 2. The predicted octanol–water partition coefficient (Wildman–Crippen LogP) is 2.31. The molecule has 0 fully saturated rings. The second-order valence-electron chi connectivity index (χ2n) is 4.28. The molecule has 0 saturated heterocycles. The number of hydrogen-bond donors (Lipinski definition) is 2. The molecule has 1 aromatic carbocycles. The van der Waals surface area contributed by atoms with Gasteiger partial charge in [-0.15, -0.1) is 0 Å². The highest BCUT2D eigenvalue weighted by molar-refractivity contribution is 9.10. The summed E-state index contributed by atoms with van der Waals surface area (Å²) in [6, 6.07) is 9.58. The average molecular weight is 337 g/mol. The van der Waals surface area contributed by atoms with Gasteiger partial charge in [0.2, 0.25) is 5.91 Å². The van der Waals surface area contributed by atoms with Gasteiger partial charge in [-0.1, -0.05) is 30.3 Å². The fourth-order valence-electron chi connectivity index (χ4n) is 1.83. The smallest absolute Gasteiger partial charge is 0.288 e. The molecule has 1 atom stereocenters. The highest BCUT2D eigenvalue weighted by Gasteiger charge is 2.23. The molecule has 5 nitrogen and oxygen atoms in total. The molecule has 1 heterocycles. The average Bonchev–Trinajstić information content (AvgIpc) is 2.75. The lowest BCUT2D eigenvalue weighted by Crippen LogP contribution is -2.37. The van der Waals surface area contributed by atoms with E-state index in [0.717, 1.165) is 0 Å². The van der Waals surface area contributed by atoms with Crippen LogP contribution in [0.2, 0.25) is 0 Å². The Kier molecular flexibility index (Phi) is 4.24. The van der Waals surface area contributed by atoms with Crippen molar-refractivity contribution in [3.05, 3.63) is 58.0 Å². The quantitative estimate of drug-likeness (QED) is 0.898. The fourth-order valence-corrected chi connectivity index (χ4v) is 2.33. The first kappa shape index (κ1) is 14.3. The Bertz CT molecular complexity index is 637. The van der Waals surface area contributed by atoms with E-state index in [9.17, 15) is 9.59 Å². The van der Waals surface area contributed by atoms with E-state index in [-0.39, 0.29) is 5.76 Å². The zero-order valence-corrected chi connectivity index (χ0v) is 12.3. The lowest BCUT2D eigenvalue weighted by Gasteiger charge is -2.15. The summed E-state index contributed by atoms with van der Waals surface area (Å²) in [5.41, 5.74) is 6.64. The number of hydrogen-bond acceptors (Lipinski definition) is 3. The molecule has 0 aliphatic heterocycles. The Hall–Kier alpha value is -2.08. The maximum absolute atomic E-state index is 12.1. The van der Waals surface area contributed by atoms with Crippen LogP contribution in [-0.4, -0.2) is 11.8 Å². The predicted molar refractivity (Wildman–Crippen MR) is 77.0 cm³/mol. The largest absolute Gasteiger partial charge is 0.444 e. The standard InChI is InChI=1S/C14H13BrN2O3/c1-8-7-10(15)20-12(8)14(19)17-11(13(16)18)9-5-3-2-4-6-9/h2-7,11H,1H3,(H2,16,18)(H,17,19)/t11-/m0/s1.